The van der Waals surface area contributed by atoms with Crippen molar-refractivity contribution >= 4 is 11.6 Å². The maximum atomic E-state index is 12.5. The van der Waals surface area contributed by atoms with E-state index in [2.05, 4.69) is 20.6 Å². The molecule has 1 amide bonds. The van der Waals surface area contributed by atoms with Crippen molar-refractivity contribution in [2.45, 2.75) is 19.3 Å². The quantitative estimate of drug-likeness (QED) is 0.907. The summed E-state index contributed by atoms with van der Waals surface area (Å²) in [6.45, 7) is -1.47. The van der Waals surface area contributed by atoms with E-state index in [1.165, 1.54) is 25.6 Å². The van der Waals surface area contributed by atoms with Gasteiger partial charge in [0, 0.05) is 7.11 Å². The van der Waals surface area contributed by atoms with Crippen LogP contribution >= 0.6 is 0 Å². The number of hydrogen-bond acceptors (Lipinski definition) is 5. The first kappa shape index (κ1) is 15.9. The first-order valence-electron chi connectivity index (χ1n) is 6.09. The number of hydrogen-bond donors (Lipinski definition) is 1. The van der Waals surface area contributed by atoms with Crippen molar-refractivity contribution in [1.82, 2.24) is 20.0 Å². The molecule has 0 bridgehead atoms. The van der Waals surface area contributed by atoms with E-state index >= 15 is 0 Å². The third kappa shape index (κ3) is 4.01. The topological polar surface area (TPSA) is 81.9 Å². The minimum Gasteiger partial charge on any atom is -0.378 e. The molecule has 2 heterocycles. The molecule has 0 saturated carbocycles. The average Bonchev–Trinajstić information content (AvgIpc) is 2.81. The molecule has 0 saturated heterocycles. The van der Waals surface area contributed by atoms with Gasteiger partial charge in [0.2, 0.25) is 0 Å². The van der Waals surface area contributed by atoms with E-state index in [4.69, 9.17) is 4.74 Å². The third-order valence-corrected chi connectivity index (χ3v) is 2.65. The van der Waals surface area contributed by atoms with E-state index in [9.17, 15) is 18.0 Å². The van der Waals surface area contributed by atoms with Crippen LogP contribution in [0.1, 0.15) is 16.1 Å². The molecular formula is C12H12F3N5O2. The van der Waals surface area contributed by atoms with Gasteiger partial charge < -0.3 is 10.1 Å². The molecule has 0 spiro atoms. The van der Waals surface area contributed by atoms with Gasteiger partial charge in [0.25, 0.3) is 5.91 Å². The van der Waals surface area contributed by atoms with E-state index in [1.54, 1.807) is 0 Å². The number of nitrogens with zero attached hydrogens (tertiary/aromatic N) is 4. The van der Waals surface area contributed by atoms with Gasteiger partial charge in [-0.2, -0.15) is 28.5 Å². The molecule has 2 aromatic heterocycles. The van der Waals surface area contributed by atoms with Crippen molar-refractivity contribution in [3.05, 3.63) is 35.9 Å². The Morgan fingerprint density at radius 2 is 2.14 bits per heavy atom. The maximum Gasteiger partial charge on any atom is 0.408 e. The van der Waals surface area contributed by atoms with Crippen molar-refractivity contribution in [3.8, 4) is 0 Å². The molecule has 22 heavy (non-hydrogen) atoms. The second-order valence-electron chi connectivity index (χ2n) is 4.30. The van der Waals surface area contributed by atoms with E-state index in [0.29, 0.717) is 10.4 Å². The number of amides is 1. The van der Waals surface area contributed by atoms with Crippen LogP contribution in [0.15, 0.2) is 24.7 Å². The van der Waals surface area contributed by atoms with Gasteiger partial charge >= 0.3 is 6.18 Å². The summed E-state index contributed by atoms with van der Waals surface area (Å²) in [5.41, 5.74) is 0.411. The molecule has 0 aliphatic carbocycles. The fourth-order valence-electron chi connectivity index (χ4n) is 1.76. The van der Waals surface area contributed by atoms with Crippen LogP contribution in [0.5, 0.6) is 0 Å². The number of methoxy groups -OCH3 is 1. The zero-order valence-corrected chi connectivity index (χ0v) is 11.5. The van der Waals surface area contributed by atoms with Crippen LogP contribution in [0.3, 0.4) is 0 Å². The van der Waals surface area contributed by atoms with Gasteiger partial charge in [-0.25, -0.2) is 0 Å². The summed E-state index contributed by atoms with van der Waals surface area (Å²) < 4.78 is 43.1. The molecule has 0 unspecified atom stereocenters. The number of anilines is 1. The Morgan fingerprint density at radius 1 is 1.36 bits per heavy atom. The van der Waals surface area contributed by atoms with Crippen molar-refractivity contribution < 1.29 is 22.7 Å². The van der Waals surface area contributed by atoms with Gasteiger partial charge in [-0.15, -0.1) is 0 Å². The highest BCUT2D eigenvalue weighted by molar-refractivity contribution is 6.04. The Balaban J connectivity index is 2.24. The predicted molar refractivity (Wildman–Crippen MR) is 69.0 cm³/mol. The lowest BCUT2D eigenvalue weighted by atomic mass is 10.2. The Kier molecular flexibility index (Phi) is 4.71. The summed E-state index contributed by atoms with van der Waals surface area (Å²) in [7, 11) is 1.32. The predicted octanol–water partition coefficient (Wildman–Crippen LogP) is 1.63. The lowest BCUT2D eigenvalue weighted by Crippen LogP contribution is -2.22. The third-order valence-electron chi connectivity index (χ3n) is 2.65. The number of ether oxygens (including phenoxy) is 1. The molecule has 0 atom stereocenters. The largest absolute Gasteiger partial charge is 0.408 e. The van der Waals surface area contributed by atoms with Crippen LogP contribution in [0, 0.1) is 0 Å². The molecule has 0 radical (unpaired) electrons. The number of nitrogens with one attached hydrogen (secondary N) is 1. The molecule has 2 aromatic rings. The summed E-state index contributed by atoms with van der Waals surface area (Å²) in [4.78, 5) is 12.1. The van der Waals surface area contributed by atoms with Crippen molar-refractivity contribution in [2.24, 2.45) is 0 Å². The molecule has 118 valence electrons. The Morgan fingerprint density at radius 3 is 2.73 bits per heavy atom. The molecular weight excluding hydrogens is 303 g/mol. The highest BCUT2D eigenvalue weighted by Crippen LogP contribution is 2.20. The Bertz CT molecular complexity index is 642. The van der Waals surface area contributed by atoms with Gasteiger partial charge in [-0.1, -0.05) is 0 Å². The molecule has 0 aromatic carbocycles. The molecule has 2 rings (SSSR count). The monoisotopic (exact) mass is 315 g/mol. The Labute approximate surface area is 123 Å². The molecule has 0 aliphatic rings. The lowest BCUT2D eigenvalue weighted by Gasteiger charge is -2.11. The van der Waals surface area contributed by atoms with Crippen LogP contribution < -0.4 is 5.32 Å². The summed E-state index contributed by atoms with van der Waals surface area (Å²) in [6.07, 6.45) is -0.686. The van der Waals surface area contributed by atoms with Crippen LogP contribution in [0.25, 0.3) is 0 Å². The van der Waals surface area contributed by atoms with Crippen LogP contribution in [-0.4, -0.2) is 39.2 Å². The fraction of sp³-hybridized carbons (Fsp3) is 0.333. The minimum atomic E-state index is -4.45. The van der Waals surface area contributed by atoms with Crippen LogP contribution in [0.2, 0.25) is 0 Å². The van der Waals surface area contributed by atoms with Gasteiger partial charge in [0.05, 0.1) is 42.1 Å². The van der Waals surface area contributed by atoms with Gasteiger partial charge in [-0.3, -0.25) is 9.48 Å². The molecule has 10 heteroatoms. The molecule has 0 aliphatic heterocycles. The fourth-order valence-corrected chi connectivity index (χ4v) is 1.76. The summed E-state index contributed by atoms with van der Waals surface area (Å²) in [5, 5.41) is 13.3. The van der Waals surface area contributed by atoms with Crippen molar-refractivity contribution in [1.29, 1.82) is 0 Å². The van der Waals surface area contributed by atoms with Gasteiger partial charge in [0.15, 0.2) is 0 Å². The van der Waals surface area contributed by atoms with Crippen molar-refractivity contribution in [3.63, 3.8) is 0 Å². The standard InChI is InChI=1S/C12H12F3N5O2/c1-22-6-10-9(5-18-20(10)7-12(13,14)15)11(21)19-8-2-3-16-17-4-8/h2-5H,6-7H2,1H3,(H,16,19,21). The highest BCUT2D eigenvalue weighted by Gasteiger charge is 2.31. The van der Waals surface area contributed by atoms with Crippen LogP contribution in [0.4, 0.5) is 18.9 Å². The van der Waals surface area contributed by atoms with E-state index in [-0.39, 0.29) is 17.9 Å². The maximum absolute atomic E-state index is 12.5. The zero-order chi connectivity index (χ0) is 16.2. The highest BCUT2D eigenvalue weighted by atomic mass is 19.4. The van der Waals surface area contributed by atoms with E-state index in [1.807, 2.05) is 0 Å². The molecule has 0 fully saturated rings. The SMILES string of the molecule is COCc1c(C(=O)Nc2ccnnc2)cnn1CC(F)(F)F. The smallest absolute Gasteiger partial charge is 0.378 e. The average molecular weight is 315 g/mol. The second kappa shape index (κ2) is 6.52. The minimum absolute atomic E-state index is 0.00270. The molecule has 7 nitrogen and oxygen atoms in total. The van der Waals surface area contributed by atoms with Gasteiger partial charge in [-0.05, 0) is 6.07 Å². The zero-order valence-electron chi connectivity index (χ0n) is 11.5. The summed E-state index contributed by atoms with van der Waals surface area (Å²) >= 11 is 0. The van der Waals surface area contributed by atoms with Crippen molar-refractivity contribution in [2.75, 3.05) is 12.4 Å². The first-order valence-corrected chi connectivity index (χ1v) is 6.09. The summed E-state index contributed by atoms with van der Waals surface area (Å²) in [5.74, 6) is -0.603. The van der Waals surface area contributed by atoms with E-state index < -0.39 is 18.6 Å². The normalized spacial score (nSPS) is 11.5. The lowest BCUT2D eigenvalue weighted by molar-refractivity contribution is -0.143. The first-order chi connectivity index (χ1) is 10.4. The number of aromatic nitrogens is 4. The van der Waals surface area contributed by atoms with Gasteiger partial charge in [0.1, 0.15) is 6.54 Å². The van der Waals surface area contributed by atoms with E-state index in [0.717, 1.165) is 6.20 Å². The number of carbonyl (C=O) groups is 1. The number of alkyl halides is 3. The number of halogens is 3. The van der Waals surface area contributed by atoms with Crippen LogP contribution in [-0.2, 0) is 17.9 Å². The second-order valence-corrected chi connectivity index (χ2v) is 4.30. The number of carbonyl (C=O) groups excluding carboxylic acids is 1. The Hall–Kier alpha value is -2.49. The summed E-state index contributed by atoms with van der Waals surface area (Å²) in [6, 6.07) is 1.50. The number of rotatable bonds is 5. The molecule has 1 N–H and O–H groups in total.